The third kappa shape index (κ3) is 6.90. The van der Waals surface area contributed by atoms with Crippen molar-refractivity contribution in [2.24, 2.45) is 4.99 Å². The molecule has 9 heteroatoms. The first-order valence-corrected chi connectivity index (χ1v) is 9.50. The monoisotopic (exact) mass is 480 g/mol. The second kappa shape index (κ2) is 12.3. The van der Waals surface area contributed by atoms with Gasteiger partial charge >= 0.3 is 6.03 Å². The number of guanidine groups is 1. The van der Waals surface area contributed by atoms with E-state index in [0.717, 1.165) is 25.6 Å². The number of amides is 3. The van der Waals surface area contributed by atoms with Gasteiger partial charge < -0.3 is 16.0 Å². The maximum atomic E-state index is 11.6. The van der Waals surface area contributed by atoms with Crippen LogP contribution < -0.4 is 16.0 Å². The van der Waals surface area contributed by atoms with Crippen molar-refractivity contribution in [2.75, 3.05) is 45.8 Å². The molecule has 0 spiro atoms. The van der Waals surface area contributed by atoms with Gasteiger partial charge in [-0.2, -0.15) is 0 Å². The summed E-state index contributed by atoms with van der Waals surface area (Å²) in [6.07, 6.45) is 5.12. The number of rotatable bonds is 8. The van der Waals surface area contributed by atoms with Gasteiger partial charge in [-0.15, -0.1) is 24.0 Å². The van der Waals surface area contributed by atoms with Crippen molar-refractivity contribution in [3.05, 3.63) is 0 Å². The molecule has 2 aliphatic heterocycles. The van der Waals surface area contributed by atoms with Crippen molar-refractivity contribution in [3.8, 4) is 0 Å². The lowest BCUT2D eigenvalue weighted by Crippen LogP contribution is -2.44. The molecule has 0 saturated carbocycles. The smallest absolute Gasteiger partial charge is 0.324 e. The standard InChI is InChI=1S/C17H32N6O2.HI/c1-3-14-7-5-6-10-22(14)11-8-19-16(18-4-2)20-9-12-23-15(24)13-21-17(23)25;/h14H,3-13H2,1-2H3,(H,21,25)(H2,18,19,20);1H. The molecule has 0 aromatic heterocycles. The topological polar surface area (TPSA) is 89.1 Å². The van der Waals surface area contributed by atoms with Crippen molar-refractivity contribution < 1.29 is 9.59 Å². The second-order valence-corrected chi connectivity index (χ2v) is 6.49. The zero-order valence-corrected chi connectivity index (χ0v) is 18.3. The number of hydrogen-bond donors (Lipinski definition) is 3. The highest BCUT2D eigenvalue weighted by molar-refractivity contribution is 14.0. The molecule has 2 aliphatic rings. The van der Waals surface area contributed by atoms with Gasteiger partial charge in [0.25, 0.3) is 0 Å². The van der Waals surface area contributed by atoms with Gasteiger partial charge in [0.15, 0.2) is 5.96 Å². The van der Waals surface area contributed by atoms with Crippen molar-refractivity contribution in [2.45, 2.75) is 45.6 Å². The summed E-state index contributed by atoms with van der Waals surface area (Å²) in [5.74, 6) is 0.559. The number of nitrogens with one attached hydrogen (secondary N) is 3. The number of likely N-dealkylation sites (tertiary alicyclic amines) is 1. The summed E-state index contributed by atoms with van der Waals surface area (Å²) in [4.78, 5) is 31.5. The lowest BCUT2D eigenvalue weighted by atomic mass is 10.0. The third-order valence-electron chi connectivity index (χ3n) is 4.79. The normalized spacial score (nSPS) is 21.4. The number of imide groups is 1. The first kappa shape index (κ1) is 22.9. The highest BCUT2D eigenvalue weighted by Crippen LogP contribution is 2.18. The molecule has 3 amide bonds. The maximum absolute atomic E-state index is 11.6. The van der Waals surface area contributed by atoms with Crippen LogP contribution in [0.1, 0.15) is 39.5 Å². The Morgan fingerprint density at radius 1 is 1.23 bits per heavy atom. The molecule has 2 heterocycles. The number of urea groups is 1. The van der Waals surface area contributed by atoms with Crippen LogP contribution in [0.2, 0.25) is 0 Å². The molecule has 2 fully saturated rings. The predicted molar refractivity (Wildman–Crippen MR) is 114 cm³/mol. The SMILES string of the molecule is CCNC(=NCCN1CCCCC1CC)NCCN1C(=O)CNC1=O.I. The van der Waals surface area contributed by atoms with Crippen molar-refractivity contribution in [1.29, 1.82) is 0 Å². The molecule has 0 bridgehead atoms. The molecular formula is C17H33IN6O2. The van der Waals surface area contributed by atoms with Gasteiger partial charge in [0.2, 0.25) is 5.91 Å². The lowest BCUT2D eigenvalue weighted by Gasteiger charge is -2.34. The van der Waals surface area contributed by atoms with E-state index in [9.17, 15) is 9.59 Å². The van der Waals surface area contributed by atoms with Gasteiger partial charge in [0, 0.05) is 32.2 Å². The van der Waals surface area contributed by atoms with Crippen LogP contribution in [0.3, 0.4) is 0 Å². The molecule has 1 unspecified atom stereocenters. The zero-order chi connectivity index (χ0) is 18.1. The summed E-state index contributed by atoms with van der Waals surface area (Å²) < 4.78 is 0. The third-order valence-corrected chi connectivity index (χ3v) is 4.79. The van der Waals surface area contributed by atoms with E-state index in [0.29, 0.717) is 19.1 Å². The minimum atomic E-state index is -0.315. The van der Waals surface area contributed by atoms with Gasteiger partial charge in [-0.1, -0.05) is 13.3 Å². The first-order chi connectivity index (χ1) is 12.2. The second-order valence-electron chi connectivity index (χ2n) is 6.49. The largest absolute Gasteiger partial charge is 0.357 e. The van der Waals surface area contributed by atoms with E-state index < -0.39 is 0 Å². The summed E-state index contributed by atoms with van der Waals surface area (Å²) in [7, 11) is 0. The number of hydrogen-bond acceptors (Lipinski definition) is 4. The average molecular weight is 480 g/mol. The summed E-state index contributed by atoms with van der Waals surface area (Å²) in [5.41, 5.74) is 0. The molecule has 2 saturated heterocycles. The van der Waals surface area contributed by atoms with Gasteiger partial charge in [-0.3, -0.25) is 19.6 Å². The number of nitrogens with zero attached hydrogens (tertiary/aromatic N) is 3. The van der Waals surface area contributed by atoms with Crippen LogP contribution in [0.4, 0.5) is 4.79 Å². The molecule has 1 atom stereocenters. The van der Waals surface area contributed by atoms with Crippen LogP contribution in [0.5, 0.6) is 0 Å². The van der Waals surface area contributed by atoms with E-state index in [1.807, 2.05) is 6.92 Å². The van der Waals surface area contributed by atoms with E-state index in [1.54, 1.807) is 0 Å². The van der Waals surface area contributed by atoms with E-state index in [2.05, 4.69) is 32.8 Å². The van der Waals surface area contributed by atoms with Crippen molar-refractivity contribution >= 4 is 41.9 Å². The molecule has 26 heavy (non-hydrogen) atoms. The average Bonchev–Trinajstić information content (AvgIpc) is 2.94. The van der Waals surface area contributed by atoms with Gasteiger partial charge in [0.05, 0.1) is 13.1 Å². The fourth-order valence-electron chi connectivity index (χ4n) is 3.42. The molecule has 0 aromatic rings. The Kier molecular flexibility index (Phi) is 10.9. The van der Waals surface area contributed by atoms with E-state index in [4.69, 9.17) is 0 Å². The van der Waals surface area contributed by atoms with Crippen molar-refractivity contribution in [3.63, 3.8) is 0 Å². The highest BCUT2D eigenvalue weighted by Gasteiger charge is 2.27. The van der Waals surface area contributed by atoms with Crippen LogP contribution >= 0.6 is 24.0 Å². The molecule has 150 valence electrons. The lowest BCUT2D eigenvalue weighted by molar-refractivity contribution is -0.124. The molecular weight excluding hydrogens is 447 g/mol. The number of carbonyl (C=O) groups excluding carboxylic acids is 2. The Labute approximate surface area is 173 Å². The van der Waals surface area contributed by atoms with E-state index in [1.165, 1.54) is 37.1 Å². The zero-order valence-electron chi connectivity index (χ0n) is 15.9. The fraction of sp³-hybridized carbons (Fsp3) is 0.824. The number of piperidine rings is 1. The Morgan fingerprint density at radius 2 is 2.04 bits per heavy atom. The molecule has 0 radical (unpaired) electrons. The van der Waals surface area contributed by atoms with Crippen LogP contribution in [-0.4, -0.2) is 79.6 Å². The number of aliphatic imine (C=N–C) groups is 1. The number of halogens is 1. The quantitative estimate of drug-likeness (QED) is 0.209. The summed E-state index contributed by atoms with van der Waals surface area (Å²) in [6.45, 7) is 8.88. The Morgan fingerprint density at radius 3 is 2.69 bits per heavy atom. The highest BCUT2D eigenvalue weighted by atomic mass is 127. The summed E-state index contributed by atoms with van der Waals surface area (Å²) in [6, 6.07) is 0.378. The fourth-order valence-corrected chi connectivity index (χ4v) is 3.42. The van der Waals surface area contributed by atoms with Gasteiger partial charge in [-0.25, -0.2) is 4.79 Å². The van der Waals surface area contributed by atoms with E-state index >= 15 is 0 Å². The minimum Gasteiger partial charge on any atom is -0.357 e. The summed E-state index contributed by atoms with van der Waals surface area (Å²) in [5, 5.41) is 8.93. The predicted octanol–water partition coefficient (Wildman–Crippen LogP) is 0.976. The molecule has 8 nitrogen and oxygen atoms in total. The Bertz CT molecular complexity index is 472. The van der Waals surface area contributed by atoms with Crippen LogP contribution in [0.15, 0.2) is 4.99 Å². The summed E-state index contributed by atoms with van der Waals surface area (Å²) >= 11 is 0. The molecule has 2 rings (SSSR count). The number of carbonyl (C=O) groups is 2. The van der Waals surface area contributed by atoms with Crippen molar-refractivity contribution in [1.82, 2.24) is 25.8 Å². The van der Waals surface area contributed by atoms with Crippen LogP contribution in [-0.2, 0) is 4.79 Å². The van der Waals surface area contributed by atoms with Crippen LogP contribution in [0.25, 0.3) is 0 Å². The van der Waals surface area contributed by atoms with E-state index in [-0.39, 0.29) is 42.5 Å². The Hall–Kier alpha value is -1.10. The molecule has 0 aliphatic carbocycles. The molecule has 3 N–H and O–H groups in total. The maximum Gasteiger partial charge on any atom is 0.324 e. The van der Waals surface area contributed by atoms with Gasteiger partial charge in [-0.05, 0) is 32.7 Å². The molecule has 0 aromatic carbocycles. The van der Waals surface area contributed by atoms with Crippen LogP contribution in [0, 0.1) is 0 Å². The van der Waals surface area contributed by atoms with Gasteiger partial charge in [0.1, 0.15) is 0 Å². The first-order valence-electron chi connectivity index (χ1n) is 9.50. The Balaban J connectivity index is 0.00000338. The minimum absolute atomic E-state index is 0.